The van der Waals surface area contributed by atoms with E-state index in [0.29, 0.717) is 0 Å². The molecule has 0 radical (unpaired) electrons. The summed E-state index contributed by atoms with van der Waals surface area (Å²) in [5, 5.41) is -0.857. The lowest BCUT2D eigenvalue weighted by molar-refractivity contribution is -0.144. The molecule has 118 valence electrons. The van der Waals surface area contributed by atoms with E-state index in [2.05, 4.69) is 4.74 Å². The molecular weight excluding hydrogens is 344 g/mol. The molecule has 9 heteroatoms. The van der Waals surface area contributed by atoms with Crippen molar-refractivity contribution in [2.45, 2.75) is 11.8 Å². The van der Waals surface area contributed by atoms with Gasteiger partial charge in [-0.3, -0.25) is 4.79 Å². The fraction of sp³-hybridized carbons (Fsp3) is 0.417. The molecule has 0 fully saturated rings. The van der Waals surface area contributed by atoms with Gasteiger partial charge in [0.2, 0.25) is 10.0 Å². The Hall–Kier alpha value is -0.890. The largest absolute Gasteiger partial charge is 0.469 e. The van der Waals surface area contributed by atoms with E-state index in [0.717, 1.165) is 16.4 Å². The molecule has 21 heavy (non-hydrogen) atoms. The number of halogens is 3. The topological polar surface area (TPSA) is 63.7 Å². The van der Waals surface area contributed by atoms with Crippen LogP contribution in [0, 0.1) is 11.7 Å². The Labute approximate surface area is 132 Å². The van der Waals surface area contributed by atoms with Crippen molar-refractivity contribution in [1.82, 2.24) is 4.31 Å². The molecule has 0 N–H and O–H groups in total. The summed E-state index contributed by atoms with van der Waals surface area (Å²) in [4.78, 5) is 10.9. The molecule has 1 aromatic carbocycles. The molecule has 0 heterocycles. The van der Waals surface area contributed by atoms with E-state index >= 15 is 0 Å². The zero-order chi connectivity index (χ0) is 16.4. The zero-order valence-electron chi connectivity index (χ0n) is 11.6. The summed E-state index contributed by atoms with van der Waals surface area (Å²) in [6.07, 6.45) is 0. The van der Waals surface area contributed by atoms with Gasteiger partial charge in [0, 0.05) is 13.6 Å². The zero-order valence-corrected chi connectivity index (χ0v) is 13.9. The third kappa shape index (κ3) is 3.85. The number of carbonyl (C=O) groups is 1. The summed E-state index contributed by atoms with van der Waals surface area (Å²) in [7, 11) is -1.58. The van der Waals surface area contributed by atoms with Crippen molar-refractivity contribution in [3.63, 3.8) is 0 Å². The molecule has 0 bridgehead atoms. The van der Waals surface area contributed by atoms with Crippen molar-refractivity contribution in [1.29, 1.82) is 0 Å². The SMILES string of the molecule is COC(=O)C(C)CN(C)S(=O)(=O)c1ccc(Cl)c(F)c1Cl. The van der Waals surface area contributed by atoms with Gasteiger partial charge in [0.15, 0.2) is 5.82 Å². The van der Waals surface area contributed by atoms with Gasteiger partial charge in [0.05, 0.1) is 23.1 Å². The standard InChI is InChI=1S/C12H14Cl2FNO4S/c1-7(12(17)20-3)6-16(2)21(18,19)9-5-4-8(13)11(15)10(9)14/h4-5,7H,6H2,1-3H3. The molecule has 0 amide bonds. The van der Waals surface area contributed by atoms with E-state index in [1.165, 1.54) is 21.1 Å². The second-order valence-corrected chi connectivity index (χ2v) is 7.18. The number of methoxy groups -OCH3 is 1. The maximum Gasteiger partial charge on any atom is 0.309 e. The second kappa shape index (κ2) is 6.91. The van der Waals surface area contributed by atoms with Gasteiger partial charge in [0.25, 0.3) is 0 Å². The van der Waals surface area contributed by atoms with Crippen LogP contribution in [-0.2, 0) is 19.6 Å². The minimum atomic E-state index is -4.05. The molecule has 0 spiro atoms. The van der Waals surface area contributed by atoms with Crippen LogP contribution in [0.25, 0.3) is 0 Å². The minimum absolute atomic E-state index is 0.129. The van der Waals surface area contributed by atoms with Gasteiger partial charge >= 0.3 is 5.97 Å². The first-order valence-corrected chi connectivity index (χ1v) is 8.00. The first-order chi connectivity index (χ1) is 9.62. The number of esters is 1. The van der Waals surface area contributed by atoms with E-state index < -0.39 is 37.6 Å². The van der Waals surface area contributed by atoms with E-state index in [1.807, 2.05) is 0 Å². The van der Waals surface area contributed by atoms with Gasteiger partial charge < -0.3 is 4.74 Å². The number of sulfonamides is 1. The van der Waals surface area contributed by atoms with Gasteiger partial charge in [-0.2, -0.15) is 0 Å². The lowest BCUT2D eigenvalue weighted by atomic mass is 10.2. The molecule has 0 aromatic heterocycles. The number of nitrogens with zero attached hydrogens (tertiary/aromatic N) is 1. The lowest BCUT2D eigenvalue weighted by Gasteiger charge is -2.20. The predicted octanol–water partition coefficient (Wildman–Crippen LogP) is 2.56. The first kappa shape index (κ1) is 18.2. The van der Waals surface area contributed by atoms with Crippen LogP contribution >= 0.6 is 23.2 Å². The van der Waals surface area contributed by atoms with Crippen LogP contribution in [-0.4, -0.2) is 39.4 Å². The first-order valence-electron chi connectivity index (χ1n) is 5.80. The van der Waals surface area contributed by atoms with Crippen LogP contribution in [0.3, 0.4) is 0 Å². The normalized spacial score (nSPS) is 13.3. The number of ether oxygens (including phenoxy) is 1. The Morgan fingerprint density at radius 2 is 2.00 bits per heavy atom. The highest BCUT2D eigenvalue weighted by Crippen LogP contribution is 2.31. The maximum atomic E-state index is 13.6. The Morgan fingerprint density at radius 1 is 1.43 bits per heavy atom. The molecule has 1 atom stereocenters. The van der Waals surface area contributed by atoms with Crippen molar-refractivity contribution in [2.24, 2.45) is 5.92 Å². The summed E-state index contributed by atoms with van der Waals surface area (Å²) in [5.41, 5.74) is 0. The average Bonchev–Trinajstić information content (AvgIpc) is 2.43. The second-order valence-electron chi connectivity index (χ2n) is 4.38. The summed E-state index contributed by atoms with van der Waals surface area (Å²) in [6, 6.07) is 2.22. The molecule has 0 aliphatic heterocycles. The van der Waals surface area contributed by atoms with Crippen molar-refractivity contribution in [3.05, 3.63) is 28.0 Å². The van der Waals surface area contributed by atoms with Crippen LogP contribution in [0.5, 0.6) is 0 Å². The highest BCUT2D eigenvalue weighted by Gasteiger charge is 2.28. The van der Waals surface area contributed by atoms with Crippen molar-refractivity contribution in [3.8, 4) is 0 Å². The van der Waals surface area contributed by atoms with Gasteiger partial charge in [-0.25, -0.2) is 17.1 Å². The van der Waals surface area contributed by atoms with Crippen LogP contribution in [0.4, 0.5) is 4.39 Å². The Bertz CT molecular complexity index is 651. The van der Waals surface area contributed by atoms with Gasteiger partial charge in [-0.15, -0.1) is 0 Å². The number of hydrogen-bond acceptors (Lipinski definition) is 4. The summed E-state index contributed by atoms with van der Waals surface area (Å²) in [6.45, 7) is 1.39. The van der Waals surface area contributed by atoms with Crippen molar-refractivity contribution >= 4 is 39.2 Å². The Morgan fingerprint density at radius 3 is 2.52 bits per heavy atom. The summed E-state index contributed by atoms with van der Waals surface area (Å²) in [5.74, 6) is -2.23. The predicted molar refractivity (Wildman–Crippen MR) is 77.4 cm³/mol. The number of carbonyl (C=O) groups excluding carboxylic acids is 1. The van der Waals surface area contributed by atoms with Crippen LogP contribution < -0.4 is 0 Å². The van der Waals surface area contributed by atoms with Crippen molar-refractivity contribution < 1.29 is 22.3 Å². The third-order valence-corrected chi connectivity index (χ3v) is 5.46. The number of benzene rings is 1. The fourth-order valence-electron chi connectivity index (χ4n) is 1.63. The van der Waals surface area contributed by atoms with E-state index in [-0.39, 0.29) is 11.6 Å². The monoisotopic (exact) mass is 357 g/mol. The van der Waals surface area contributed by atoms with E-state index in [9.17, 15) is 17.6 Å². The molecule has 1 unspecified atom stereocenters. The quantitative estimate of drug-likeness (QED) is 0.600. The average molecular weight is 358 g/mol. The Balaban J connectivity index is 3.12. The van der Waals surface area contributed by atoms with E-state index in [4.69, 9.17) is 23.2 Å². The number of hydrogen-bond donors (Lipinski definition) is 0. The molecule has 1 rings (SSSR count). The fourth-order valence-corrected chi connectivity index (χ4v) is 3.61. The van der Waals surface area contributed by atoms with Crippen LogP contribution in [0.2, 0.25) is 10.0 Å². The molecule has 0 saturated carbocycles. The summed E-state index contributed by atoms with van der Waals surface area (Å²) >= 11 is 11.2. The third-order valence-electron chi connectivity index (χ3n) is 2.82. The smallest absolute Gasteiger partial charge is 0.309 e. The highest BCUT2D eigenvalue weighted by molar-refractivity contribution is 7.89. The molecule has 1 aromatic rings. The van der Waals surface area contributed by atoms with Gasteiger partial charge in [-0.1, -0.05) is 30.1 Å². The van der Waals surface area contributed by atoms with Crippen LogP contribution in [0.1, 0.15) is 6.92 Å². The molecule has 0 aliphatic carbocycles. The van der Waals surface area contributed by atoms with Crippen molar-refractivity contribution in [2.75, 3.05) is 20.7 Å². The van der Waals surface area contributed by atoms with Gasteiger partial charge in [-0.05, 0) is 12.1 Å². The molecule has 5 nitrogen and oxygen atoms in total. The highest BCUT2D eigenvalue weighted by atomic mass is 35.5. The minimum Gasteiger partial charge on any atom is -0.469 e. The molecular formula is C12H14Cl2FNO4S. The molecule has 0 aliphatic rings. The molecule has 0 saturated heterocycles. The van der Waals surface area contributed by atoms with Gasteiger partial charge in [0.1, 0.15) is 4.90 Å². The lowest BCUT2D eigenvalue weighted by Crippen LogP contribution is -2.34. The summed E-state index contributed by atoms with van der Waals surface area (Å²) < 4.78 is 43.7. The maximum absolute atomic E-state index is 13.6. The van der Waals surface area contributed by atoms with E-state index in [1.54, 1.807) is 0 Å². The van der Waals surface area contributed by atoms with Crippen LogP contribution in [0.15, 0.2) is 17.0 Å². The Kier molecular flexibility index (Phi) is 5.98. The number of rotatable bonds is 5.